The Balaban J connectivity index is 1.72. The number of hydrogen-bond donors (Lipinski definition) is 1. The highest BCUT2D eigenvalue weighted by Crippen LogP contribution is 2.43. The molecule has 1 aliphatic heterocycles. The van der Waals surface area contributed by atoms with Crippen LogP contribution < -0.4 is 21.3 Å². The largest absolute Gasteiger partial charge is 0.447 e. The quantitative estimate of drug-likeness (QED) is 0.512. The number of aromatic nitrogens is 3. The summed E-state index contributed by atoms with van der Waals surface area (Å²) < 4.78 is 62.0. The molecule has 1 aromatic carbocycles. The summed E-state index contributed by atoms with van der Waals surface area (Å²) in [7, 11) is 1.34. The van der Waals surface area contributed by atoms with Crippen molar-refractivity contribution in [1.29, 1.82) is 0 Å². The molecular formula is C24H23F4N5O4. The van der Waals surface area contributed by atoms with Gasteiger partial charge >= 0.3 is 12.3 Å². The molecule has 3 aromatic rings. The number of fused-ring (bicyclic) bond motifs is 1. The van der Waals surface area contributed by atoms with Crippen LogP contribution >= 0.6 is 0 Å². The third kappa shape index (κ3) is 4.02. The number of carbonyl (C=O) groups excluding carboxylic acids is 1. The number of ether oxygens (including phenoxy) is 1. The number of aryl methyl sites for hydroxylation is 1. The molecule has 37 heavy (non-hydrogen) atoms. The van der Waals surface area contributed by atoms with Gasteiger partial charge in [0.15, 0.2) is 5.82 Å². The molecule has 196 valence electrons. The van der Waals surface area contributed by atoms with Crippen molar-refractivity contribution in [1.82, 2.24) is 14.3 Å². The molecular weight excluding hydrogens is 498 g/mol. The lowest BCUT2D eigenvalue weighted by molar-refractivity contribution is -0.140. The van der Waals surface area contributed by atoms with Gasteiger partial charge in [-0.25, -0.2) is 13.9 Å². The van der Waals surface area contributed by atoms with Gasteiger partial charge in [0, 0.05) is 24.3 Å². The van der Waals surface area contributed by atoms with Gasteiger partial charge in [0.2, 0.25) is 0 Å². The predicted molar refractivity (Wildman–Crippen MR) is 126 cm³/mol. The summed E-state index contributed by atoms with van der Waals surface area (Å²) >= 11 is 0. The monoisotopic (exact) mass is 521 g/mol. The first kappa shape index (κ1) is 24.8. The second kappa shape index (κ2) is 8.32. The van der Waals surface area contributed by atoms with Gasteiger partial charge in [-0.2, -0.15) is 18.3 Å². The lowest BCUT2D eigenvalue weighted by atomic mass is 10.0. The molecule has 0 radical (unpaired) electrons. The van der Waals surface area contributed by atoms with Crippen LogP contribution in [0.3, 0.4) is 0 Å². The maximum Gasteiger partial charge on any atom is 0.419 e. The van der Waals surface area contributed by atoms with Gasteiger partial charge in [-0.05, 0) is 32.8 Å². The van der Waals surface area contributed by atoms with Crippen LogP contribution in [0.4, 0.5) is 33.9 Å². The minimum Gasteiger partial charge on any atom is -0.447 e. The Morgan fingerprint density at radius 3 is 2.46 bits per heavy atom. The van der Waals surface area contributed by atoms with E-state index in [9.17, 15) is 31.9 Å². The molecule has 1 N–H and O–H groups in total. The lowest BCUT2D eigenvalue weighted by Gasteiger charge is -2.23. The van der Waals surface area contributed by atoms with Crippen molar-refractivity contribution in [3.05, 3.63) is 62.0 Å². The number of carbonyl (C=O) groups is 1. The molecule has 2 aliphatic rings. The molecule has 9 nitrogen and oxygen atoms in total. The number of nitrogens with zero attached hydrogens (tertiary/aromatic N) is 4. The number of rotatable bonds is 5. The smallest absolute Gasteiger partial charge is 0.419 e. The number of hydrogen-bond acceptors (Lipinski definition) is 6. The van der Waals surface area contributed by atoms with E-state index in [1.807, 2.05) is 6.92 Å². The van der Waals surface area contributed by atoms with E-state index in [4.69, 9.17) is 4.74 Å². The molecule has 13 heteroatoms. The van der Waals surface area contributed by atoms with E-state index in [1.165, 1.54) is 30.8 Å². The summed E-state index contributed by atoms with van der Waals surface area (Å²) in [6.07, 6.45) is -2.81. The van der Waals surface area contributed by atoms with Crippen molar-refractivity contribution in [2.45, 2.75) is 44.4 Å². The van der Waals surface area contributed by atoms with Crippen molar-refractivity contribution in [2.75, 3.05) is 23.4 Å². The standard InChI is InChI=1S/C24H23F4N5O4/c1-12(13-5-4-6-15(17(13)25)24(26,27)28)29-19-14-11-33(23(2)7-8-23)21(35)18(32-9-10-37-22(32)36)16(14)20(34)31(3)30-19/h4-6,11-12H,7-10H2,1-3H3,(H,29,30)/t12-/m1/s1. The molecule has 0 unspecified atom stereocenters. The van der Waals surface area contributed by atoms with Crippen LogP contribution in [0.25, 0.3) is 10.8 Å². The number of alkyl halides is 3. The topological polar surface area (TPSA) is 98.5 Å². The van der Waals surface area contributed by atoms with Crippen LogP contribution in [-0.4, -0.2) is 33.6 Å². The molecule has 1 saturated heterocycles. The first-order valence-electron chi connectivity index (χ1n) is 11.6. The summed E-state index contributed by atoms with van der Waals surface area (Å²) in [5.41, 5.74) is -3.56. The molecule has 3 heterocycles. The van der Waals surface area contributed by atoms with Crippen molar-refractivity contribution < 1.29 is 27.1 Å². The number of pyridine rings is 1. The average molecular weight is 521 g/mol. The van der Waals surface area contributed by atoms with Crippen LogP contribution in [-0.2, 0) is 23.5 Å². The first-order valence-corrected chi connectivity index (χ1v) is 11.6. The summed E-state index contributed by atoms with van der Waals surface area (Å²) in [6, 6.07) is 1.97. The maximum absolute atomic E-state index is 14.8. The molecule has 1 atom stereocenters. The fourth-order valence-corrected chi connectivity index (χ4v) is 4.57. The Bertz CT molecular complexity index is 1560. The third-order valence-electron chi connectivity index (χ3n) is 6.94. The minimum absolute atomic E-state index is 0.0354. The zero-order valence-corrected chi connectivity index (χ0v) is 20.1. The fraction of sp³-hybridized carbons (Fsp3) is 0.417. The highest BCUT2D eigenvalue weighted by molar-refractivity contribution is 6.04. The summed E-state index contributed by atoms with van der Waals surface area (Å²) in [4.78, 5) is 40.3. The van der Waals surface area contributed by atoms with Gasteiger partial charge in [-0.15, -0.1) is 0 Å². The second-order valence-electron chi connectivity index (χ2n) is 9.55. The summed E-state index contributed by atoms with van der Waals surface area (Å²) in [6.45, 7) is 3.40. The van der Waals surface area contributed by atoms with E-state index in [0.29, 0.717) is 18.9 Å². The molecule has 1 aliphatic carbocycles. The summed E-state index contributed by atoms with van der Waals surface area (Å²) in [5, 5.41) is 7.21. The van der Waals surface area contributed by atoms with Crippen LogP contribution in [0.5, 0.6) is 0 Å². The van der Waals surface area contributed by atoms with Crippen molar-refractivity contribution in [3.8, 4) is 0 Å². The second-order valence-corrected chi connectivity index (χ2v) is 9.55. The highest BCUT2D eigenvalue weighted by Gasteiger charge is 2.42. The van der Waals surface area contributed by atoms with Crippen molar-refractivity contribution in [3.63, 3.8) is 0 Å². The Labute approximate surface area is 207 Å². The Morgan fingerprint density at radius 1 is 1.16 bits per heavy atom. The van der Waals surface area contributed by atoms with Gasteiger partial charge in [0.1, 0.15) is 18.1 Å². The number of anilines is 2. The Hall–Kier alpha value is -3.90. The SMILES string of the molecule is C[C@@H](Nc1nn(C)c(=O)c2c(N3CCOC3=O)c(=O)n(C3(C)CC3)cc12)c1cccc(C(F)(F)F)c1F. The van der Waals surface area contributed by atoms with Crippen LogP contribution in [0.15, 0.2) is 34.0 Å². The van der Waals surface area contributed by atoms with Gasteiger partial charge in [0.05, 0.1) is 28.9 Å². The van der Waals surface area contributed by atoms with Gasteiger partial charge in [-0.3, -0.25) is 14.5 Å². The Kier molecular flexibility index (Phi) is 5.57. The van der Waals surface area contributed by atoms with Crippen LogP contribution in [0.1, 0.15) is 43.9 Å². The zero-order chi connectivity index (χ0) is 26.9. The number of nitrogens with one attached hydrogen (secondary N) is 1. The molecule has 2 fully saturated rings. The molecule has 1 saturated carbocycles. The first-order chi connectivity index (χ1) is 17.3. The number of benzene rings is 1. The summed E-state index contributed by atoms with van der Waals surface area (Å²) in [5.74, 6) is -1.39. The van der Waals surface area contributed by atoms with E-state index in [0.717, 1.165) is 15.6 Å². The van der Waals surface area contributed by atoms with Crippen LogP contribution in [0.2, 0.25) is 0 Å². The fourth-order valence-electron chi connectivity index (χ4n) is 4.57. The number of amides is 1. The molecule has 5 rings (SSSR count). The van der Waals surface area contributed by atoms with Crippen LogP contribution in [0, 0.1) is 5.82 Å². The minimum atomic E-state index is -4.88. The van der Waals surface area contributed by atoms with Gasteiger partial charge < -0.3 is 14.6 Å². The van der Waals surface area contributed by atoms with E-state index in [-0.39, 0.29) is 41.0 Å². The van der Waals surface area contributed by atoms with E-state index >= 15 is 0 Å². The highest BCUT2D eigenvalue weighted by atomic mass is 19.4. The van der Waals surface area contributed by atoms with Crippen molar-refractivity contribution >= 4 is 28.4 Å². The van der Waals surface area contributed by atoms with Crippen molar-refractivity contribution in [2.24, 2.45) is 7.05 Å². The average Bonchev–Trinajstić information content (AvgIpc) is 3.43. The van der Waals surface area contributed by atoms with Gasteiger partial charge in [-0.1, -0.05) is 12.1 Å². The lowest BCUT2D eigenvalue weighted by Crippen LogP contribution is -2.38. The zero-order valence-electron chi connectivity index (χ0n) is 20.1. The van der Waals surface area contributed by atoms with E-state index in [2.05, 4.69) is 10.4 Å². The number of cyclic esters (lactones) is 1. The maximum atomic E-state index is 14.8. The molecule has 0 spiro atoms. The molecule has 0 bridgehead atoms. The molecule has 2 aromatic heterocycles. The van der Waals surface area contributed by atoms with E-state index in [1.54, 1.807) is 0 Å². The predicted octanol–water partition coefficient (Wildman–Crippen LogP) is 3.89. The van der Waals surface area contributed by atoms with E-state index < -0.39 is 46.3 Å². The Morgan fingerprint density at radius 2 is 1.86 bits per heavy atom. The molecule has 1 amide bonds. The third-order valence-corrected chi connectivity index (χ3v) is 6.94. The number of halogens is 4. The normalized spacial score (nSPS) is 17.7. The van der Waals surface area contributed by atoms with Gasteiger partial charge in [0.25, 0.3) is 11.1 Å².